The summed E-state index contributed by atoms with van der Waals surface area (Å²) in [4.78, 5) is 0. The Morgan fingerprint density at radius 1 is 1.44 bits per heavy atom. The zero-order chi connectivity index (χ0) is 11.7. The van der Waals surface area contributed by atoms with Gasteiger partial charge in [-0.05, 0) is 24.5 Å². The van der Waals surface area contributed by atoms with E-state index in [9.17, 15) is 8.78 Å². The average molecular weight is 222 g/mol. The van der Waals surface area contributed by atoms with Gasteiger partial charge < -0.3 is 5.32 Å². The molecule has 1 aliphatic rings. The summed E-state index contributed by atoms with van der Waals surface area (Å²) in [5.74, 6) is -0.723. The Morgan fingerprint density at radius 2 is 2.00 bits per heavy atom. The van der Waals surface area contributed by atoms with Crippen LogP contribution < -0.4 is 5.32 Å². The van der Waals surface area contributed by atoms with Crippen LogP contribution in [-0.2, 0) is 6.54 Å². The van der Waals surface area contributed by atoms with Crippen LogP contribution in [0.4, 0.5) is 8.78 Å². The van der Waals surface area contributed by atoms with E-state index in [0.29, 0.717) is 12.0 Å². The van der Waals surface area contributed by atoms with Crippen molar-refractivity contribution >= 4 is 0 Å². The summed E-state index contributed by atoms with van der Waals surface area (Å²) < 4.78 is 26.9. The maximum atomic E-state index is 13.4. The number of nitriles is 1. The van der Waals surface area contributed by atoms with Crippen molar-refractivity contribution in [1.82, 2.24) is 5.32 Å². The van der Waals surface area contributed by atoms with Crippen LogP contribution in [0.3, 0.4) is 0 Å². The Labute approximate surface area is 92.9 Å². The van der Waals surface area contributed by atoms with Crippen molar-refractivity contribution < 1.29 is 8.78 Å². The molecule has 1 aromatic carbocycles. The van der Waals surface area contributed by atoms with Crippen molar-refractivity contribution in [2.75, 3.05) is 0 Å². The molecule has 2 nitrogen and oxygen atoms in total. The molecule has 0 amide bonds. The minimum Gasteiger partial charge on any atom is -0.309 e. The number of nitrogens with one attached hydrogen (secondary N) is 1. The number of rotatable bonds is 3. The molecule has 1 saturated carbocycles. The summed E-state index contributed by atoms with van der Waals surface area (Å²) in [5.41, 5.74) is 0.0247. The lowest BCUT2D eigenvalue weighted by atomic mass is 10.1. The van der Waals surface area contributed by atoms with Crippen molar-refractivity contribution in [3.05, 3.63) is 34.9 Å². The van der Waals surface area contributed by atoms with Crippen LogP contribution in [0.2, 0.25) is 0 Å². The smallest absolute Gasteiger partial charge is 0.131 e. The minimum atomic E-state index is -0.655. The molecular formula is C12H12F2N2. The number of benzene rings is 1. The predicted octanol–water partition coefficient (Wildman–Crippen LogP) is 2.33. The molecule has 0 saturated heterocycles. The molecule has 1 N–H and O–H groups in total. The first-order chi connectivity index (χ1) is 7.61. The third kappa shape index (κ3) is 2.20. The van der Waals surface area contributed by atoms with Crippen LogP contribution in [0, 0.1) is 28.9 Å². The van der Waals surface area contributed by atoms with E-state index < -0.39 is 11.6 Å². The van der Waals surface area contributed by atoms with Crippen LogP contribution in [0.5, 0.6) is 0 Å². The van der Waals surface area contributed by atoms with Gasteiger partial charge in [-0.2, -0.15) is 5.26 Å². The fourth-order valence-corrected chi connectivity index (χ4v) is 1.68. The molecule has 2 rings (SSSR count). The molecule has 2 unspecified atom stereocenters. The van der Waals surface area contributed by atoms with Crippen LogP contribution in [0.1, 0.15) is 24.5 Å². The molecule has 1 fully saturated rings. The fraction of sp³-hybridized carbons (Fsp3) is 0.417. The normalized spacial score (nSPS) is 22.9. The fourth-order valence-electron chi connectivity index (χ4n) is 1.68. The van der Waals surface area contributed by atoms with E-state index in [1.807, 2.05) is 0 Å². The first-order valence-electron chi connectivity index (χ1n) is 5.23. The lowest BCUT2D eigenvalue weighted by Gasteiger charge is -2.06. The number of halogens is 2. The molecule has 1 aromatic rings. The van der Waals surface area contributed by atoms with Gasteiger partial charge >= 0.3 is 0 Å². The zero-order valence-corrected chi connectivity index (χ0v) is 8.93. The molecule has 0 aromatic heterocycles. The molecule has 0 radical (unpaired) electrons. The first-order valence-corrected chi connectivity index (χ1v) is 5.23. The van der Waals surface area contributed by atoms with E-state index in [1.54, 1.807) is 6.07 Å². The highest BCUT2D eigenvalue weighted by Gasteiger charge is 2.32. The topological polar surface area (TPSA) is 35.8 Å². The SMILES string of the molecule is CC1CC1NCc1c(F)cc(C#N)cc1F. The van der Waals surface area contributed by atoms with Crippen molar-refractivity contribution in [3.63, 3.8) is 0 Å². The van der Waals surface area contributed by atoms with E-state index in [4.69, 9.17) is 5.26 Å². The summed E-state index contributed by atoms with van der Waals surface area (Å²) >= 11 is 0. The number of hydrogen-bond donors (Lipinski definition) is 1. The lowest BCUT2D eigenvalue weighted by molar-refractivity contribution is 0.530. The van der Waals surface area contributed by atoms with E-state index >= 15 is 0 Å². The van der Waals surface area contributed by atoms with Gasteiger partial charge in [0.1, 0.15) is 11.6 Å². The minimum absolute atomic E-state index is 0.0121. The standard InChI is InChI=1S/C12H12F2N2/c1-7-2-12(7)16-6-9-10(13)3-8(5-15)4-11(9)14/h3-4,7,12,16H,2,6H2,1H3. The summed E-state index contributed by atoms with van der Waals surface area (Å²) in [6, 6.07) is 4.22. The molecule has 0 aliphatic heterocycles. The van der Waals surface area contributed by atoms with E-state index in [1.165, 1.54) is 0 Å². The molecule has 1 aliphatic carbocycles. The van der Waals surface area contributed by atoms with Crippen molar-refractivity contribution in [1.29, 1.82) is 5.26 Å². The monoisotopic (exact) mass is 222 g/mol. The summed E-state index contributed by atoms with van der Waals surface area (Å²) in [5, 5.41) is 11.6. The maximum absolute atomic E-state index is 13.4. The molecule has 0 spiro atoms. The number of hydrogen-bond acceptors (Lipinski definition) is 2. The highest BCUT2D eigenvalue weighted by atomic mass is 19.1. The van der Waals surface area contributed by atoms with Gasteiger partial charge in [-0.15, -0.1) is 0 Å². The van der Waals surface area contributed by atoms with Gasteiger partial charge in [0.15, 0.2) is 0 Å². The molecule has 84 valence electrons. The maximum Gasteiger partial charge on any atom is 0.131 e. The summed E-state index contributed by atoms with van der Waals surface area (Å²) in [7, 11) is 0. The van der Waals surface area contributed by atoms with Crippen molar-refractivity contribution in [3.8, 4) is 6.07 Å². The Bertz CT molecular complexity index is 428. The Morgan fingerprint density at radius 3 is 2.44 bits per heavy atom. The van der Waals surface area contributed by atoms with Crippen LogP contribution in [0.25, 0.3) is 0 Å². The Balaban J connectivity index is 2.11. The highest BCUT2D eigenvalue weighted by Crippen LogP contribution is 2.29. The molecule has 4 heteroatoms. The second kappa shape index (κ2) is 4.18. The van der Waals surface area contributed by atoms with Gasteiger partial charge in [-0.1, -0.05) is 6.92 Å². The second-order valence-corrected chi connectivity index (χ2v) is 4.23. The number of nitrogens with zero attached hydrogens (tertiary/aromatic N) is 1. The van der Waals surface area contributed by atoms with E-state index in [2.05, 4.69) is 12.2 Å². The van der Waals surface area contributed by atoms with Crippen molar-refractivity contribution in [2.24, 2.45) is 5.92 Å². The summed E-state index contributed by atoms with van der Waals surface area (Å²) in [6.45, 7) is 2.27. The second-order valence-electron chi connectivity index (χ2n) is 4.23. The van der Waals surface area contributed by atoms with Crippen molar-refractivity contribution in [2.45, 2.75) is 25.9 Å². The Kier molecular flexibility index (Phi) is 2.88. The van der Waals surface area contributed by atoms with Gasteiger partial charge in [0.25, 0.3) is 0 Å². The zero-order valence-electron chi connectivity index (χ0n) is 8.93. The molecular weight excluding hydrogens is 210 g/mol. The molecule has 16 heavy (non-hydrogen) atoms. The largest absolute Gasteiger partial charge is 0.309 e. The van der Waals surface area contributed by atoms with Crippen LogP contribution in [0.15, 0.2) is 12.1 Å². The van der Waals surface area contributed by atoms with Gasteiger partial charge in [0.05, 0.1) is 11.6 Å². The quantitative estimate of drug-likeness (QED) is 0.852. The van der Waals surface area contributed by atoms with Crippen LogP contribution >= 0.6 is 0 Å². The molecule has 0 bridgehead atoms. The molecule has 0 heterocycles. The highest BCUT2D eigenvalue weighted by molar-refractivity contribution is 5.34. The van der Waals surface area contributed by atoms with Gasteiger partial charge in [0.2, 0.25) is 0 Å². The van der Waals surface area contributed by atoms with E-state index in [-0.39, 0.29) is 17.7 Å². The molecule has 2 atom stereocenters. The third-order valence-electron chi connectivity index (χ3n) is 2.92. The lowest BCUT2D eigenvalue weighted by Crippen LogP contribution is -2.19. The predicted molar refractivity (Wildman–Crippen MR) is 55.5 cm³/mol. The van der Waals surface area contributed by atoms with Gasteiger partial charge in [-0.3, -0.25) is 0 Å². The van der Waals surface area contributed by atoms with Crippen LogP contribution in [-0.4, -0.2) is 6.04 Å². The first kappa shape index (κ1) is 11.0. The third-order valence-corrected chi connectivity index (χ3v) is 2.92. The van der Waals surface area contributed by atoms with E-state index in [0.717, 1.165) is 18.6 Å². The Hall–Kier alpha value is -1.47. The van der Waals surface area contributed by atoms with Gasteiger partial charge in [-0.25, -0.2) is 8.78 Å². The summed E-state index contributed by atoms with van der Waals surface area (Å²) in [6.07, 6.45) is 1.06. The van der Waals surface area contributed by atoms with Gasteiger partial charge in [0, 0.05) is 18.2 Å². The average Bonchev–Trinajstić information content (AvgIpc) is 2.93.